The molecule has 0 saturated heterocycles. The van der Waals surface area contributed by atoms with E-state index in [-0.39, 0.29) is 11.2 Å². The number of methoxy groups -OCH3 is 1. The Morgan fingerprint density at radius 1 is 1.03 bits per heavy atom. The van der Waals surface area contributed by atoms with Crippen molar-refractivity contribution in [3.8, 4) is 5.75 Å². The summed E-state index contributed by atoms with van der Waals surface area (Å²) in [6.45, 7) is 1.93. The highest BCUT2D eigenvalue weighted by Gasteiger charge is 2.44. The summed E-state index contributed by atoms with van der Waals surface area (Å²) in [5, 5.41) is 0.441. The zero-order valence-electron chi connectivity index (χ0n) is 16.5. The second kappa shape index (κ2) is 6.84. The van der Waals surface area contributed by atoms with Gasteiger partial charge in [0.25, 0.3) is 5.91 Å². The van der Waals surface area contributed by atoms with Crippen LogP contribution in [0.3, 0.4) is 0 Å². The molecule has 6 nitrogen and oxygen atoms in total. The van der Waals surface area contributed by atoms with Gasteiger partial charge in [-0.2, -0.15) is 0 Å². The standard InChI is InChI=1S/C24H18N2O4/c1-14-10-11-25-19(12-14)26-21(15-6-5-7-16(13-15)29-2)20-22(27)17-8-3-4-9-18(17)30-23(20)24(26)28/h3-13,21H,1-2H3. The maximum atomic E-state index is 13.5. The smallest absolute Gasteiger partial charge is 0.296 e. The highest BCUT2D eigenvalue weighted by molar-refractivity contribution is 6.10. The van der Waals surface area contributed by atoms with Crippen LogP contribution in [-0.2, 0) is 0 Å². The Morgan fingerprint density at radius 3 is 2.67 bits per heavy atom. The number of aryl methyl sites for hydroxylation is 1. The Morgan fingerprint density at radius 2 is 1.87 bits per heavy atom. The average molecular weight is 398 g/mol. The van der Waals surface area contributed by atoms with E-state index in [0.29, 0.717) is 28.1 Å². The van der Waals surface area contributed by atoms with E-state index in [9.17, 15) is 9.59 Å². The summed E-state index contributed by atoms with van der Waals surface area (Å²) in [5.74, 6) is 0.756. The lowest BCUT2D eigenvalue weighted by Crippen LogP contribution is -2.30. The summed E-state index contributed by atoms with van der Waals surface area (Å²) >= 11 is 0. The molecule has 2 aromatic heterocycles. The molecule has 6 heteroatoms. The van der Waals surface area contributed by atoms with Gasteiger partial charge in [-0.3, -0.25) is 14.5 Å². The molecule has 0 bridgehead atoms. The number of pyridine rings is 1. The second-order valence-electron chi connectivity index (χ2n) is 7.22. The predicted molar refractivity (Wildman–Crippen MR) is 113 cm³/mol. The van der Waals surface area contributed by atoms with Gasteiger partial charge in [0.15, 0.2) is 5.43 Å². The number of anilines is 1. The number of ether oxygens (including phenoxy) is 1. The number of para-hydroxylation sites is 1. The molecule has 0 N–H and O–H groups in total. The lowest BCUT2D eigenvalue weighted by molar-refractivity contribution is 0.0970. The Labute approximate surface area is 172 Å². The monoisotopic (exact) mass is 398 g/mol. The van der Waals surface area contributed by atoms with Gasteiger partial charge in [0.2, 0.25) is 5.76 Å². The van der Waals surface area contributed by atoms with Gasteiger partial charge in [0.1, 0.15) is 17.2 Å². The van der Waals surface area contributed by atoms with Gasteiger partial charge in [0.05, 0.1) is 24.1 Å². The Bertz CT molecular complexity index is 1360. The summed E-state index contributed by atoms with van der Waals surface area (Å²) in [6, 6.07) is 17.3. The van der Waals surface area contributed by atoms with Crippen LogP contribution in [0.15, 0.2) is 76.1 Å². The lowest BCUT2D eigenvalue weighted by Gasteiger charge is -2.24. The van der Waals surface area contributed by atoms with Crippen molar-refractivity contribution in [2.45, 2.75) is 13.0 Å². The molecule has 1 aliphatic rings. The molecule has 0 radical (unpaired) electrons. The summed E-state index contributed by atoms with van der Waals surface area (Å²) in [6.07, 6.45) is 1.65. The summed E-state index contributed by atoms with van der Waals surface area (Å²) < 4.78 is 11.3. The van der Waals surface area contributed by atoms with Gasteiger partial charge < -0.3 is 9.15 Å². The first-order valence-electron chi connectivity index (χ1n) is 9.54. The molecule has 30 heavy (non-hydrogen) atoms. The Balaban J connectivity index is 1.82. The molecule has 0 aliphatic carbocycles. The number of aromatic nitrogens is 1. The van der Waals surface area contributed by atoms with E-state index in [2.05, 4.69) is 4.98 Å². The topological polar surface area (TPSA) is 72.6 Å². The van der Waals surface area contributed by atoms with Crippen LogP contribution in [0.5, 0.6) is 5.75 Å². The van der Waals surface area contributed by atoms with Gasteiger partial charge in [-0.1, -0.05) is 24.3 Å². The first-order chi connectivity index (χ1) is 14.6. The SMILES string of the molecule is COc1cccc(C2c3c(oc4ccccc4c3=O)C(=O)N2c2cc(C)ccn2)c1. The van der Waals surface area contributed by atoms with Crippen LogP contribution in [-0.4, -0.2) is 18.0 Å². The van der Waals surface area contributed by atoms with Crippen molar-refractivity contribution < 1.29 is 13.9 Å². The van der Waals surface area contributed by atoms with E-state index < -0.39 is 11.9 Å². The van der Waals surface area contributed by atoms with Crippen LogP contribution in [0.25, 0.3) is 11.0 Å². The Kier molecular flexibility index (Phi) is 4.13. The first-order valence-corrected chi connectivity index (χ1v) is 9.54. The highest BCUT2D eigenvalue weighted by atomic mass is 16.5. The van der Waals surface area contributed by atoms with E-state index >= 15 is 0 Å². The van der Waals surface area contributed by atoms with E-state index in [0.717, 1.165) is 11.1 Å². The number of hydrogen-bond donors (Lipinski definition) is 0. The summed E-state index contributed by atoms with van der Waals surface area (Å²) in [5.41, 5.74) is 2.18. The van der Waals surface area contributed by atoms with Crippen LogP contribution >= 0.6 is 0 Å². The molecule has 0 saturated carbocycles. The second-order valence-corrected chi connectivity index (χ2v) is 7.22. The van der Waals surface area contributed by atoms with Gasteiger partial charge in [-0.15, -0.1) is 0 Å². The molecule has 1 unspecified atom stereocenters. The summed E-state index contributed by atoms with van der Waals surface area (Å²) in [4.78, 5) is 32.8. The average Bonchev–Trinajstić information content (AvgIpc) is 3.06. The number of amides is 1. The minimum absolute atomic E-state index is 0.0508. The number of carbonyl (C=O) groups is 1. The fraction of sp³-hybridized carbons (Fsp3) is 0.125. The molecule has 1 aliphatic heterocycles. The highest BCUT2D eigenvalue weighted by Crippen LogP contribution is 2.41. The minimum atomic E-state index is -0.669. The van der Waals surface area contributed by atoms with Crippen molar-refractivity contribution in [3.05, 3.63) is 99.5 Å². The summed E-state index contributed by atoms with van der Waals surface area (Å²) in [7, 11) is 1.58. The number of benzene rings is 2. The van der Waals surface area contributed by atoms with Crippen molar-refractivity contribution >= 4 is 22.7 Å². The number of fused-ring (bicyclic) bond motifs is 2. The molecule has 2 aromatic carbocycles. The number of carbonyl (C=O) groups excluding carboxylic acids is 1. The van der Waals surface area contributed by atoms with Crippen molar-refractivity contribution in [1.29, 1.82) is 0 Å². The molecule has 0 spiro atoms. The largest absolute Gasteiger partial charge is 0.497 e. The molecule has 3 heterocycles. The predicted octanol–water partition coefficient (Wildman–Crippen LogP) is 4.25. The third-order valence-corrected chi connectivity index (χ3v) is 5.33. The fourth-order valence-corrected chi connectivity index (χ4v) is 3.93. The maximum absolute atomic E-state index is 13.5. The number of nitrogens with zero attached hydrogens (tertiary/aromatic N) is 2. The van der Waals surface area contributed by atoms with Gasteiger partial charge in [-0.25, -0.2) is 4.98 Å². The molecular weight excluding hydrogens is 380 g/mol. The van der Waals surface area contributed by atoms with Crippen LogP contribution < -0.4 is 15.1 Å². The van der Waals surface area contributed by atoms with Crippen molar-refractivity contribution in [1.82, 2.24) is 4.98 Å². The molecule has 0 fully saturated rings. The molecule has 4 aromatic rings. The van der Waals surface area contributed by atoms with Crippen LogP contribution in [0.2, 0.25) is 0 Å². The van der Waals surface area contributed by atoms with Crippen molar-refractivity contribution in [2.24, 2.45) is 0 Å². The first kappa shape index (κ1) is 18.1. The number of rotatable bonds is 3. The zero-order chi connectivity index (χ0) is 20.8. The van der Waals surface area contributed by atoms with Crippen molar-refractivity contribution in [3.63, 3.8) is 0 Å². The van der Waals surface area contributed by atoms with Gasteiger partial charge in [0, 0.05) is 6.20 Å². The van der Waals surface area contributed by atoms with E-state index in [1.165, 1.54) is 4.90 Å². The van der Waals surface area contributed by atoms with Gasteiger partial charge in [-0.05, 0) is 54.4 Å². The Hall–Kier alpha value is -3.93. The van der Waals surface area contributed by atoms with Crippen LogP contribution in [0.4, 0.5) is 5.82 Å². The molecule has 148 valence electrons. The quantitative estimate of drug-likeness (QED) is 0.516. The van der Waals surface area contributed by atoms with Gasteiger partial charge >= 0.3 is 0 Å². The fourth-order valence-electron chi connectivity index (χ4n) is 3.93. The maximum Gasteiger partial charge on any atom is 0.296 e. The molecule has 5 rings (SSSR count). The lowest BCUT2D eigenvalue weighted by atomic mass is 9.98. The van der Waals surface area contributed by atoms with Crippen molar-refractivity contribution in [2.75, 3.05) is 12.0 Å². The third-order valence-electron chi connectivity index (χ3n) is 5.33. The minimum Gasteiger partial charge on any atom is -0.497 e. The number of hydrogen-bond acceptors (Lipinski definition) is 5. The zero-order valence-corrected chi connectivity index (χ0v) is 16.5. The van der Waals surface area contributed by atoms with E-state index in [4.69, 9.17) is 9.15 Å². The molecular formula is C24H18N2O4. The normalized spacial score (nSPS) is 15.5. The van der Waals surface area contributed by atoms with Crippen LogP contribution in [0.1, 0.15) is 33.3 Å². The van der Waals surface area contributed by atoms with Crippen LogP contribution in [0, 0.1) is 6.92 Å². The molecule has 1 amide bonds. The third kappa shape index (κ3) is 2.69. The molecule has 1 atom stereocenters. The van der Waals surface area contributed by atoms with E-state index in [1.54, 1.807) is 37.6 Å². The van der Waals surface area contributed by atoms with E-state index in [1.807, 2.05) is 43.3 Å².